The lowest BCUT2D eigenvalue weighted by atomic mass is 10.00. The minimum absolute atomic E-state index is 0.0572. The van der Waals surface area contributed by atoms with Crippen molar-refractivity contribution < 1.29 is 4.39 Å². The zero-order valence-electron chi connectivity index (χ0n) is 9.63. The van der Waals surface area contributed by atoms with Crippen molar-refractivity contribution in [3.63, 3.8) is 0 Å². The van der Waals surface area contributed by atoms with E-state index in [0.29, 0.717) is 0 Å². The molecule has 0 aliphatic rings. The third-order valence-corrected chi connectivity index (χ3v) is 4.17. The fourth-order valence-corrected chi connectivity index (χ4v) is 3.15. The molecule has 17 heavy (non-hydrogen) atoms. The molecule has 0 aliphatic heterocycles. The van der Waals surface area contributed by atoms with Gasteiger partial charge in [0.05, 0.1) is 11.1 Å². The fraction of sp³-hybridized carbons (Fsp3) is 0.231. The Kier molecular flexibility index (Phi) is 3.82. The number of hydrogen-bond acceptors (Lipinski definition) is 2. The first-order valence-electron chi connectivity index (χ1n) is 5.29. The van der Waals surface area contributed by atoms with Crippen molar-refractivity contribution in [3.05, 3.63) is 56.5 Å². The predicted molar refractivity (Wildman–Crippen MR) is 71.4 cm³/mol. The Morgan fingerprint density at radius 2 is 2.12 bits per heavy atom. The van der Waals surface area contributed by atoms with E-state index in [-0.39, 0.29) is 11.9 Å². The lowest BCUT2D eigenvalue weighted by Crippen LogP contribution is -2.18. The molecule has 0 aliphatic carbocycles. The topological polar surface area (TPSA) is 12.0 Å². The van der Waals surface area contributed by atoms with Crippen LogP contribution in [0.4, 0.5) is 4.39 Å². The summed E-state index contributed by atoms with van der Waals surface area (Å²) >= 11 is 7.71. The molecule has 0 saturated heterocycles. The van der Waals surface area contributed by atoms with Crippen LogP contribution >= 0.6 is 22.9 Å². The summed E-state index contributed by atoms with van der Waals surface area (Å²) in [6.07, 6.45) is 0. The Morgan fingerprint density at radius 3 is 2.71 bits per heavy atom. The van der Waals surface area contributed by atoms with E-state index >= 15 is 0 Å². The minimum atomic E-state index is -0.224. The number of hydrogen-bond donors (Lipinski definition) is 1. The van der Waals surface area contributed by atoms with Gasteiger partial charge >= 0.3 is 0 Å². The normalized spacial score (nSPS) is 12.7. The zero-order chi connectivity index (χ0) is 12.4. The SMILES string of the molecule is CNC(c1cc(F)ccc1C)c1sccc1Cl. The van der Waals surface area contributed by atoms with Gasteiger partial charge in [0, 0.05) is 4.88 Å². The van der Waals surface area contributed by atoms with Gasteiger partial charge in [0.1, 0.15) is 5.82 Å². The third-order valence-electron chi connectivity index (χ3n) is 2.75. The summed E-state index contributed by atoms with van der Waals surface area (Å²) in [6.45, 7) is 1.97. The van der Waals surface area contributed by atoms with E-state index < -0.39 is 0 Å². The third kappa shape index (κ3) is 2.51. The number of halogens is 2. The maximum Gasteiger partial charge on any atom is 0.123 e. The molecule has 2 aromatic rings. The van der Waals surface area contributed by atoms with Gasteiger partial charge in [0.25, 0.3) is 0 Å². The van der Waals surface area contributed by atoms with E-state index in [4.69, 9.17) is 11.6 Å². The molecule has 1 nitrogen and oxygen atoms in total. The Morgan fingerprint density at radius 1 is 1.35 bits per heavy atom. The van der Waals surface area contributed by atoms with Crippen LogP contribution in [0, 0.1) is 12.7 Å². The molecule has 0 radical (unpaired) electrons. The molecule has 2 rings (SSSR count). The summed E-state index contributed by atoms with van der Waals surface area (Å²) < 4.78 is 13.3. The van der Waals surface area contributed by atoms with Crippen molar-refractivity contribution in [2.75, 3.05) is 7.05 Å². The number of aryl methyl sites for hydroxylation is 1. The Hall–Kier alpha value is -0.900. The highest BCUT2D eigenvalue weighted by Crippen LogP contribution is 2.34. The van der Waals surface area contributed by atoms with Crippen molar-refractivity contribution in [3.8, 4) is 0 Å². The molecule has 0 amide bonds. The second-order valence-corrected chi connectivity index (χ2v) is 5.21. The Labute approximate surface area is 109 Å². The Bertz CT molecular complexity index is 524. The first-order valence-corrected chi connectivity index (χ1v) is 6.55. The number of thiophene rings is 1. The van der Waals surface area contributed by atoms with Crippen molar-refractivity contribution in [2.24, 2.45) is 0 Å². The maximum absolute atomic E-state index is 13.3. The summed E-state index contributed by atoms with van der Waals surface area (Å²) in [5.41, 5.74) is 1.98. The van der Waals surface area contributed by atoms with Gasteiger partial charge < -0.3 is 5.32 Å². The van der Waals surface area contributed by atoms with Crippen LogP contribution in [-0.2, 0) is 0 Å². The summed E-state index contributed by atoms with van der Waals surface area (Å²) in [6, 6.07) is 6.63. The van der Waals surface area contributed by atoms with Gasteiger partial charge in [0.15, 0.2) is 0 Å². The molecule has 1 atom stereocenters. The number of nitrogens with one attached hydrogen (secondary N) is 1. The standard InChI is InChI=1S/C13H13ClFNS/c1-8-3-4-9(15)7-10(8)12(16-2)13-11(14)5-6-17-13/h3-7,12,16H,1-2H3. The number of rotatable bonds is 3. The molecular formula is C13H13ClFNS. The first kappa shape index (κ1) is 12.6. The minimum Gasteiger partial charge on any atom is -0.309 e. The summed E-state index contributed by atoms with van der Waals surface area (Å²) in [5.74, 6) is -0.224. The molecule has 0 saturated carbocycles. The molecule has 1 heterocycles. The Balaban J connectivity index is 2.49. The van der Waals surface area contributed by atoms with Gasteiger partial charge in [-0.15, -0.1) is 11.3 Å². The molecule has 90 valence electrons. The van der Waals surface area contributed by atoms with E-state index in [0.717, 1.165) is 21.0 Å². The van der Waals surface area contributed by atoms with Gasteiger partial charge in [-0.1, -0.05) is 17.7 Å². The second-order valence-electron chi connectivity index (χ2n) is 3.86. The fourth-order valence-electron chi connectivity index (χ4n) is 1.86. The lowest BCUT2D eigenvalue weighted by Gasteiger charge is -2.18. The average Bonchev–Trinajstić information content (AvgIpc) is 2.71. The van der Waals surface area contributed by atoms with Crippen molar-refractivity contribution in [1.29, 1.82) is 0 Å². The van der Waals surface area contributed by atoms with Crippen LogP contribution in [-0.4, -0.2) is 7.05 Å². The van der Waals surface area contributed by atoms with E-state index in [1.54, 1.807) is 23.5 Å². The average molecular weight is 270 g/mol. The van der Waals surface area contributed by atoms with Gasteiger partial charge in [-0.2, -0.15) is 0 Å². The van der Waals surface area contributed by atoms with Gasteiger partial charge in [0.2, 0.25) is 0 Å². The van der Waals surface area contributed by atoms with Crippen molar-refractivity contribution in [2.45, 2.75) is 13.0 Å². The van der Waals surface area contributed by atoms with Crippen LogP contribution in [0.25, 0.3) is 0 Å². The maximum atomic E-state index is 13.3. The molecule has 1 N–H and O–H groups in total. The second kappa shape index (κ2) is 5.17. The van der Waals surface area contributed by atoms with Crippen LogP contribution in [0.15, 0.2) is 29.6 Å². The summed E-state index contributed by atoms with van der Waals surface area (Å²) in [4.78, 5) is 1.02. The molecule has 1 aromatic heterocycles. The van der Waals surface area contributed by atoms with Gasteiger partial charge in [-0.25, -0.2) is 4.39 Å². The van der Waals surface area contributed by atoms with Crippen molar-refractivity contribution >= 4 is 22.9 Å². The molecule has 1 unspecified atom stereocenters. The molecule has 1 aromatic carbocycles. The van der Waals surface area contributed by atoms with Crippen LogP contribution in [0.5, 0.6) is 0 Å². The van der Waals surface area contributed by atoms with Gasteiger partial charge in [-0.05, 0) is 48.7 Å². The predicted octanol–water partition coefficient (Wildman–Crippen LogP) is 4.16. The lowest BCUT2D eigenvalue weighted by molar-refractivity contribution is 0.616. The molecule has 0 spiro atoms. The highest BCUT2D eigenvalue weighted by Gasteiger charge is 2.18. The largest absolute Gasteiger partial charge is 0.309 e. The summed E-state index contributed by atoms with van der Waals surface area (Å²) in [5, 5.41) is 5.85. The van der Waals surface area contributed by atoms with E-state index in [1.807, 2.05) is 25.4 Å². The van der Waals surface area contributed by atoms with Crippen LogP contribution in [0.2, 0.25) is 5.02 Å². The van der Waals surface area contributed by atoms with E-state index in [2.05, 4.69) is 5.32 Å². The van der Waals surface area contributed by atoms with Crippen LogP contribution in [0.3, 0.4) is 0 Å². The van der Waals surface area contributed by atoms with Crippen molar-refractivity contribution in [1.82, 2.24) is 5.32 Å². The van der Waals surface area contributed by atoms with Crippen LogP contribution in [0.1, 0.15) is 22.0 Å². The van der Waals surface area contributed by atoms with E-state index in [1.165, 1.54) is 6.07 Å². The van der Waals surface area contributed by atoms with Crippen LogP contribution < -0.4 is 5.32 Å². The zero-order valence-corrected chi connectivity index (χ0v) is 11.2. The molecule has 0 bridgehead atoms. The smallest absolute Gasteiger partial charge is 0.123 e. The van der Waals surface area contributed by atoms with Gasteiger partial charge in [-0.3, -0.25) is 0 Å². The highest BCUT2D eigenvalue weighted by atomic mass is 35.5. The highest BCUT2D eigenvalue weighted by molar-refractivity contribution is 7.10. The van der Waals surface area contributed by atoms with E-state index in [9.17, 15) is 4.39 Å². The first-order chi connectivity index (χ1) is 8.13. The monoisotopic (exact) mass is 269 g/mol. The quantitative estimate of drug-likeness (QED) is 0.882. The molecular weight excluding hydrogens is 257 g/mol. The molecule has 0 fully saturated rings. The number of benzene rings is 1. The summed E-state index contributed by atoms with van der Waals surface area (Å²) in [7, 11) is 1.85. The molecule has 4 heteroatoms.